The Morgan fingerprint density at radius 3 is 2.29 bits per heavy atom. The van der Waals surface area contributed by atoms with Crippen LogP contribution in [0.4, 0.5) is 4.39 Å². The first-order valence-corrected chi connectivity index (χ1v) is 7.15. The van der Waals surface area contributed by atoms with Crippen molar-refractivity contribution >= 4 is 5.57 Å². The van der Waals surface area contributed by atoms with Crippen molar-refractivity contribution in [2.24, 2.45) is 0 Å². The Balaban J connectivity index is 2.27. The second-order valence-electron chi connectivity index (χ2n) is 5.21. The highest BCUT2D eigenvalue weighted by atomic mass is 19.1. The number of rotatable bonds is 2. The first-order chi connectivity index (χ1) is 10.1. The van der Waals surface area contributed by atoms with Crippen LogP contribution in [0, 0.1) is 17.7 Å². The lowest BCUT2D eigenvalue weighted by atomic mass is 10.0. The van der Waals surface area contributed by atoms with Crippen LogP contribution in [0.5, 0.6) is 0 Å². The highest BCUT2D eigenvalue weighted by Gasteiger charge is 2.03. The molecule has 0 bridgehead atoms. The van der Waals surface area contributed by atoms with E-state index in [2.05, 4.69) is 37.8 Å². The van der Waals surface area contributed by atoms with Crippen LogP contribution in [0.2, 0.25) is 0 Å². The van der Waals surface area contributed by atoms with Gasteiger partial charge in [-0.1, -0.05) is 62.1 Å². The van der Waals surface area contributed by atoms with Crippen LogP contribution in [0.1, 0.15) is 43.4 Å². The third-order valence-corrected chi connectivity index (χ3v) is 3.37. The summed E-state index contributed by atoms with van der Waals surface area (Å²) in [6.07, 6.45) is 1.84. The summed E-state index contributed by atoms with van der Waals surface area (Å²) in [5.74, 6) is 6.44. The molecule has 0 aliphatic rings. The zero-order valence-corrected chi connectivity index (χ0v) is 12.7. The molecule has 0 aliphatic carbocycles. The number of benzene rings is 2. The first kappa shape index (κ1) is 15.1. The molecule has 0 N–H and O–H groups in total. The van der Waals surface area contributed by atoms with Gasteiger partial charge in [0.2, 0.25) is 0 Å². The topological polar surface area (TPSA) is 0 Å². The van der Waals surface area contributed by atoms with E-state index in [0.29, 0.717) is 17.1 Å². The lowest BCUT2D eigenvalue weighted by molar-refractivity contribution is 0.624. The van der Waals surface area contributed by atoms with Crippen molar-refractivity contribution < 1.29 is 4.39 Å². The van der Waals surface area contributed by atoms with Crippen molar-refractivity contribution in [1.29, 1.82) is 0 Å². The molecule has 0 amide bonds. The average molecular weight is 278 g/mol. The number of hydrogen-bond acceptors (Lipinski definition) is 0. The van der Waals surface area contributed by atoms with Gasteiger partial charge in [0.25, 0.3) is 0 Å². The van der Waals surface area contributed by atoms with E-state index < -0.39 is 0 Å². The van der Waals surface area contributed by atoms with Crippen LogP contribution < -0.4 is 0 Å². The molecule has 0 aromatic heterocycles. The highest BCUT2D eigenvalue weighted by Crippen LogP contribution is 2.18. The molecule has 0 saturated carbocycles. The standard InChI is InChI=1S/C20H19F/c1-4-17(19-7-5-6-8-20(19)21)12-9-16-10-13-18(14-11-16)15(2)3/h4-8,10-11,13-15H,1-3H3. The minimum Gasteiger partial charge on any atom is -0.206 e. The van der Waals surface area contributed by atoms with Crippen molar-refractivity contribution in [2.75, 3.05) is 0 Å². The van der Waals surface area contributed by atoms with Crippen LogP contribution in [0.15, 0.2) is 54.6 Å². The van der Waals surface area contributed by atoms with Gasteiger partial charge in [-0.15, -0.1) is 0 Å². The maximum absolute atomic E-state index is 13.8. The molecule has 0 radical (unpaired) electrons. The molecule has 2 rings (SSSR count). The highest BCUT2D eigenvalue weighted by molar-refractivity contribution is 5.79. The van der Waals surface area contributed by atoms with Gasteiger partial charge >= 0.3 is 0 Å². The molecular formula is C20H19F. The van der Waals surface area contributed by atoms with Crippen LogP contribution in [-0.4, -0.2) is 0 Å². The molecule has 2 aromatic carbocycles. The Bertz CT molecular complexity index is 695. The van der Waals surface area contributed by atoms with Crippen LogP contribution in [-0.2, 0) is 0 Å². The zero-order chi connectivity index (χ0) is 15.2. The molecule has 0 spiro atoms. The second kappa shape index (κ2) is 6.90. The van der Waals surface area contributed by atoms with Crippen molar-refractivity contribution in [3.05, 3.63) is 77.1 Å². The summed E-state index contributed by atoms with van der Waals surface area (Å²) in [6, 6.07) is 14.9. The summed E-state index contributed by atoms with van der Waals surface area (Å²) >= 11 is 0. The van der Waals surface area contributed by atoms with E-state index in [9.17, 15) is 4.39 Å². The molecular weight excluding hydrogens is 259 g/mol. The molecule has 0 unspecified atom stereocenters. The first-order valence-electron chi connectivity index (χ1n) is 7.15. The van der Waals surface area contributed by atoms with E-state index in [-0.39, 0.29) is 5.82 Å². The van der Waals surface area contributed by atoms with E-state index in [1.807, 2.05) is 31.2 Å². The van der Waals surface area contributed by atoms with Gasteiger partial charge in [-0.05, 0) is 36.6 Å². The second-order valence-corrected chi connectivity index (χ2v) is 5.21. The van der Waals surface area contributed by atoms with E-state index >= 15 is 0 Å². The summed E-state index contributed by atoms with van der Waals surface area (Å²) in [4.78, 5) is 0. The minimum atomic E-state index is -0.241. The summed E-state index contributed by atoms with van der Waals surface area (Å²) in [6.45, 7) is 6.20. The third kappa shape index (κ3) is 3.83. The van der Waals surface area contributed by atoms with Crippen LogP contribution in [0.25, 0.3) is 5.57 Å². The van der Waals surface area contributed by atoms with Crippen molar-refractivity contribution in [2.45, 2.75) is 26.7 Å². The van der Waals surface area contributed by atoms with Crippen molar-refractivity contribution in [1.82, 2.24) is 0 Å². The average Bonchev–Trinajstić information content (AvgIpc) is 2.50. The molecule has 1 heteroatoms. The van der Waals surface area contributed by atoms with Crippen molar-refractivity contribution in [3.8, 4) is 11.8 Å². The summed E-state index contributed by atoms with van der Waals surface area (Å²) in [7, 11) is 0. The SMILES string of the molecule is CC=C(C#Cc1ccc(C(C)C)cc1)c1ccccc1F. The summed E-state index contributed by atoms with van der Waals surface area (Å²) in [5.41, 5.74) is 3.49. The molecule has 21 heavy (non-hydrogen) atoms. The largest absolute Gasteiger partial charge is 0.206 e. The van der Waals surface area contributed by atoms with Gasteiger partial charge in [0.05, 0.1) is 0 Å². The molecule has 0 aliphatic heterocycles. The Morgan fingerprint density at radius 2 is 1.71 bits per heavy atom. The zero-order valence-electron chi connectivity index (χ0n) is 12.7. The predicted molar refractivity (Wildman–Crippen MR) is 87.5 cm³/mol. The van der Waals surface area contributed by atoms with Crippen LogP contribution in [0.3, 0.4) is 0 Å². The van der Waals surface area contributed by atoms with E-state index in [1.165, 1.54) is 11.6 Å². The van der Waals surface area contributed by atoms with Crippen LogP contribution >= 0.6 is 0 Å². The van der Waals surface area contributed by atoms with Gasteiger partial charge in [-0.2, -0.15) is 0 Å². The van der Waals surface area contributed by atoms with Gasteiger partial charge in [-0.25, -0.2) is 4.39 Å². The summed E-state index contributed by atoms with van der Waals surface area (Å²) in [5, 5.41) is 0. The summed E-state index contributed by atoms with van der Waals surface area (Å²) < 4.78 is 13.8. The molecule has 0 heterocycles. The quantitative estimate of drug-likeness (QED) is 0.645. The Kier molecular flexibility index (Phi) is 4.95. The fourth-order valence-electron chi connectivity index (χ4n) is 2.07. The maximum atomic E-state index is 13.8. The van der Waals surface area contributed by atoms with E-state index in [1.54, 1.807) is 12.1 Å². The Morgan fingerprint density at radius 1 is 1.05 bits per heavy atom. The number of allylic oxidation sites excluding steroid dienone is 2. The maximum Gasteiger partial charge on any atom is 0.131 e. The number of halogens is 1. The minimum absolute atomic E-state index is 0.241. The number of hydrogen-bond donors (Lipinski definition) is 0. The van der Waals surface area contributed by atoms with Crippen molar-refractivity contribution in [3.63, 3.8) is 0 Å². The molecule has 0 fully saturated rings. The Labute approximate surface area is 126 Å². The fraction of sp³-hybridized carbons (Fsp3) is 0.200. The van der Waals surface area contributed by atoms with Gasteiger partial charge in [0.1, 0.15) is 5.82 Å². The lowest BCUT2D eigenvalue weighted by Gasteiger charge is -2.04. The van der Waals surface area contributed by atoms with Gasteiger partial charge < -0.3 is 0 Å². The normalized spacial score (nSPS) is 11.2. The van der Waals surface area contributed by atoms with Gasteiger partial charge in [0, 0.05) is 16.7 Å². The third-order valence-electron chi connectivity index (χ3n) is 3.37. The smallest absolute Gasteiger partial charge is 0.131 e. The molecule has 0 atom stereocenters. The monoisotopic (exact) mass is 278 g/mol. The molecule has 2 aromatic rings. The fourth-order valence-corrected chi connectivity index (χ4v) is 2.07. The lowest BCUT2D eigenvalue weighted by Crippen LogP contribution is -1.88. The van der Waals surface area contributed by atoms with Gasteiger partial charge in [0.15, 0.2) is 0 Å². The van der Waals surface area contributed by atoms with E-state index in [4.69, 9.17) is 0 Å². The molecule has 0 nitrogen and oxygen atoms in total. The predicted octanol–water partition coefficient (Wildman–Crippen LogP) is 5.40. The molecule has 106 valence electrons. The molecule has 0 saturated heterocycles. The Hall–Kier alpha value is -2.33. The van der Waals surface area contributed by atoms with E-state index in [0.717, 1.165) is 5.56 Å². The van der Waals surface area contributed by atoms with Gasteiger partial charge in [-0.3, -0.25) is 0 Å².